The Balaban J connectivity index is 3.44. The Kier molecular flexibility index (Phi) is 8.41. The molecule has 0 aromatic carbocycles. The van der Waals surface area contributed by atoms with Crippen LogP contribution in [0.2, 0.25) is 0 Å². The van der Waals surface area contributed by atoms with Gasteiger partial charge in [-0.1, -0.05) is 20.8 Å². The number of hydrogen-bond acceptors (Lipinski definition) is 9. The van der Waals surface area contributed by atoms with Gasteiger partial charge in [-0.3, -0.25) is 14.4 Å². The molecule has 1 aliphatic rings. The Bertz CT molecular complexity index is 602. The van der Waals surface area contributed by atoms with Crippen molar-refractivity contribution in [3.8, 4) is 0 Å². The van der Waals surface area contributed by atoms with Crippen molar-refractivity contribution in [2.45, 2.75) is 78.5 Å². The van der Waals surface area contributed by atoms with Gasteiger partial charge in [0.05, 0.1) is 13.5 Å². The van der Waals surface area contributed by atoms with E-state index in [-0.39, 0.29) is 12.3 Å². The number of hydrogen-bond donors (Lipinski definition) is 0. The smallest absolute Gasteiger partial charge is 0.379 e. The van der Waals surface area contributed by atoms with E-state index in [1.807, 2.05) is 13.8 Å². The maximum atomic E-state index is 12.5. The Morgan fingerprint density at radius 2 is 1.71 bits per heavy atom. The third-order valence-electron chi connectivity index (χ3n) is 4.85. The van der Waals surface area contributed by atoms with Gasteiger partial charge in [-0.2, -0.15) is 0 Å². The average Bonchev–Trinajstić information content (AvgIpc) is 2.60. The normalized spacial score (nSPS) is 29.2. The van der Waals surface area contributed by atoms with Gasteiger partial charge in [0.2, 0.25) is 0 Å². The van der Waals surface area contributed by atoms with Crippen LogP contribution in [0.25, 0.3) is 0 Å². The molecule has 6 atom stereocenters. The molecule has 0 aliphatic carbocycles. The summed E-state index contributed by atoms with van der Waals surface area (Å²) in [5, 5.41) is 0. The molecule has 0 aromatic heterocycles. The molecule has 0 amide bonds. The molecule has 0 unspecified atom stereocenters. The molecular weight excluding hydrogens is 372 g/mol. The summed E-state index contributed by atoms with van der Waals surface area (Å²) in [5.41, 5.74) is 0. The van der Waals surface area contributed by atoms with Gasteiger partial charge in [0.25, 0.3) is 0 Å². The third kappa shape index (κ3) is 5.67. The van der Waals surface area contributed by atoms with E-state index in [0.717, 1.165) is 14.0 Å². The number of rotatable bonds is 7. The van der Waals surface area contributed by atoms with E-state index in [1.54, 1.807) is 6.92 Å². The first-order valence-corrected chi connectivity index (χ1v) is 9.27. The summed E-state index contributed by atoms with van der Waals surface area (Å²) >= 11 is 0. The van der Waals surface area contributed by atoms with Crippen molar-refractivity contribution >= 4 is 23.9 Å². The van der Waals surface area contributed by atoms with Crippen LogP contribution in [0.1, 0.15) is 54.4 Å². The monoisotopic (exact) mass is 402 g/mol. The van der Waals surface area contributed by atoms with Gasteiger partial charge in [-0.25, -0.2) is 4.79 Å². The Hall–Kier alpha value is -2.16. The Labute approximate surface area is 165 Å². The molecule has 9 heteroatoms. The summed E-state index contributed by atoms with van der Waals surface area (Å²) in [6, 6.07) is 0. The largest absolute Gasteiger partial charge is 0.464 e. The van der Waals surface area contributed by atoms with E-state index in [9.17, 15) is 19.2 Å². The van der Waals surface area contributed by atoms with Crippen molar-refractivity contribution in [3.05, 3.63) is 0 Å². The predicted octanol–water partition coefficient (Wildman–Crippen LogP) is 1.75. The van der Waals surface area contributed by atoms with E-state index < -0.39 is 53.9 Å². The summed E-state index contributed by atoms with van der Waals surface area (Å²) in [6.45, 7) is 9.17. The highest BCUT2D eigenvalue weighted by Gasteiger charge is 2.58. The summed E-state index contributed by atoms with van der Waals surface area (Å²) in [6.07, 6.45) is -2.03. The molecule has 1 rings (SSSR count). The molecule has 9 nitrogen and oxygen atoms in total. The fraction of sp³-hybridized carbons (Fsp3) is 0.789. The lowest BCUT2D eigenvalue weighted by Gasteiger charge is -2.47. The van der Waals surface area contributed by atoms with Crippen molar-refractivity contribution in [2.75, 3.05) is 7.11 Å². The lowest BCUT2D eigenvalue weighted by atomic mass is 9.82. The van der Waals surface area contributed by atoms with Crippen LogP contribution in [-0.4, -0.2) is 55.1 Å². The van der Waals surface area contributed by atoms with Crippen molar-refractivity contribution in [3.63, 3.8) is 0 Å². The maximum absolute atomic E-state index is 12.5. The topological polar surface area (TPSA) is 114 Å². The average molecular weight is 402 g/mol. The van der Waals surface area contributed by atoms with Crippen LogP contribution < -0.4 is 0 Å². The summed E-state index contributed by atoms with van der Waals surface area (Å²) in [5.74, 6) is -5.49. The lowest BCUT2D eigenvalue weighted by Crippen LogP contribution is -2.62. The van der Waals surface area contributed by atoms with Gasteiger partial charge < -0.3 is 23.7 Å². The Morgan fingerprint density at radius 3 is 2.14 bits per heavy atom. The van der Waals surface area contributed by atoms with Crippen LogP contribution in [0.3, 0.4) is 0 Å². The number of carbonyl (C=O) groups excluding carboxylic acids is 4. The molecule has 1 aliphatic heterocycles. The molecule has 160 valence electrons. The van der Waals surface area contributed by atoms with E-state index in [2.05, 4.69) is 0 Å². The second-order valence-electron chi connectivity index (χ2n) is 7.09. The zero-order chi connectivity index (χ0) is 21.6. The fourth-order valence-corrected chi connectivity index (χ4v) is 3.32. The minimum atomic E-state index is -2.11. The van der Waals surface area contributed by atoms with Crippen LogP contribution in [0.15, 0.2) is 0 Å². The first-order valence-electron chi connectivity index (χ1n) is 9.27. The van der Waals surface area contributed by atoms with Crippen molar-refractivity contribution in [1.82, 2.24) is 0 Å². The molecule has 0 bridgehead atoms. The summed E-state index contributed by atoms with van der Waals surface area (Å²) in [7, 11) is 1.13. The number of methoxy groups -OCH3 is 1. The van der Waals surface area contributed by atoms with Crippen LogP contribution in [0.4, 0.5) is 0 Å². The molecule has 1 fully saturated rings. The number of carbonyl (C=O) groups is 4. The standard InChI is InChI=1S/C19H30O9/c1-8-10(2)16(26-13(5)21)17-11(3)15(25-12(4)20)9-19(28-17,18(23)24-7)27-14(6)22/h10-11,15-17H,8-9H2,1-7H3/t10-,11-,15+,16-,17-,19+/m1/s1. The zero-order valence-electron chi connectivity index (χ0n) is 17.5. The van der Waals surface area contributed by atoms with Crippen molar-refractivity contribution in [2.24, 2.45) is 11.8 Å². The Morgan fingerprint density at radius 1 is 1.11 bits per heavy atom. The lowest BCUT2D eigenvalue weighted by molar-refractivity contribution is -0.307. The summed E-state index contributed by atoms with van der Waals surface area (Å²) < 4.78 is 26.8. The minimum Gasteiger partial charge on any atom is -0.464 e. The first kappa shape index (κ1) is 23.9. The number of esters is 4. The number of ether oxygens (including phenoxy) is 5. The molecular formula is C19H30O9. The molecule has 0 spiro atoms. The second kappa shape index (κ2) is 9.86. The van der Waals surface area contributed by atoms with Gasteiger partial charge in [-0.15, -0.1) is 0 Å². The SMILES string of the molecule is CC[C@@H](C)[C@@H](OC(C)=O)[C@@H]1O[C@](OC(C)=O)(C(=O)OC)C[C@H](OC(C)=O)[C@H]1C. The van der Waals surface area contributed by atoms with Gasteiger partial charge in [0.15, 0.2) is 0 Å². The maximum Gasteiger partial charge on any atom is 0.379 e. The van der Waals surface area contributed by atoms with Gasteiger partial charge in [0.1, 0.15) is 18.3 Å². The molecule has 1 saturated heterocycles. The quantitative estimate of drug-likeness (QED) is 0.464. The van der Waals surface area contributed by atoms with Gasteiger partial charge >= 0.3 is 29.7 Å². The molecule has 28 heavy (non-hydrogen) atoms. The van der Waals surface area contributed by atoms with Crippen molar-refractivity contribution in [1.29, 1.82) is 0 Å². The van der Waals surface area contributed by atoms with Crippen LogP contribution in [0, 0.1) is 11.8 Å². The highest BCUT2D eigenvalue weighted by molar-refractivity contribution is 5.81. The van der Waals surface area contributed by atoms with E-state index in [0.29, 0.717) is 6.42 Å². The van der Waals surface area contributed by atoms with Crippen LogP contribution >= 0.6 is 0 Å². The molecule has 0 radical (unpaired) electrons. The highest BCUT2D eigenvalue weighted by Crippen LogP contribution is 2.40. The molecule has 1 heterocycles. The zero-order valence-corrected chi connectivity index (χ0v) is 17.5. The second-order valence-corrected chi connectivity index (χ2v) is 7.09. The highest BCUT2D eigenvalue weighted by atomic mass is 16.8. The van der Waals surface area contributed by atoms with Gasteiger partial charge in [-0.05, 0) is 12.3 Å². The third-order valence-corrected chi connectivity index (χ3v) is 4.85. The molecule has 0 saturated carbocycles. The first-order chi connectivity index (χ1) is 13.0. The van der Waals surface area contributed by atoms with Gasteiger partial charge in [0, 0.05) is 26.7 Å². The molecule has 0 aromatic rings. The van der Waals surface area contributed by atoms with E-state index in [1.165, 1.54) is 13.8 Å². The summed E-state index contributed by atoms with van der Waals surface area (Å²) in [4.78, 5) is 47.5. The van der Waals surface area contributed by atoms with Crippen LogP contribution in [0.5, 0.6) is 0 Å². The fourth-order valence-electron chi connectivity index (χ4n) is 3.32. The van der Waals surface area contributed by atoms with E-state index in [4.69, 9.17) is 23.7 Å². The van der Waals surface area contributed by atoms with E-state index >= 15 is 0 Å². The predicted molar refractivity (Wildman–Crippen MR) is 95.7 cm³/mol. The van der Waals surface area contributed by atoms with Crippen LogP contribution in [-0.2, 0) is 42.9 Å². The van der Waals surface area contributed by atoms with Crippen molar-refractivity contribution < 1.29 is 42.9 Å². The minimum absolute atomic E-state index is 0.139. The molecule has 0 N–H and O–H groups in total.